The van der Waals surface area contributed by atoms with Gasteiger partial charge in [0.05, 0.1) is 26.9 Å². The summed E-state index contributed by atoms with van der Waals surface area (Å²) >= 11 is 0. The number of para-hydroxylation sites is 2. The van der Waals surface area contributed by atoms with Gasteiger partial charge in [-0.15, -0.1) is 13.2 Å². The smallest absolute Gasteiger partial charge is 0.406 e. The molecule has 198 valence electrons. The van der Waals surface area contributed by atoms with E-state index in [1.807, 2.05) is 0 Å². The summed E-state index contributed by atoms with van der Waals surface area (Å²) in [5, 5.41) is 17.6. The molecule has 0 aliphatic rings. The standard InChI is InChI=1S/C22H17F3N6O6S/c1-12(27-21(32)13-7-15(37-22(23,24)25)9-16(8-13)38(2,35)36)19-20(30-11-14(10-26-30)31(33)34)29-18-6-4-3-5-17(18)28-19/h3-12H,1-2H3,(H,27,32). The Morgan fingerprint density at radius 1 is 1.16 bits per heavy atom. The van der Waals surface area contributed by atoms with Crippen LogP contribution < -0.4 is 10.1 Å². The molecular weight excluding hydrogens is 533 g/mol. The Balaban J connectivity index is 1.74. The van der Waals surface area contributed by atoms with E-state index in [0.717, 1.165) is 35.5 Å². The predicted molar refractivity (Wildman–Crippen MR) is 125 cm³/mol. The van der Waals surface area contributed by atoms with Gasteiger partial charge in [-0.05, 0) is 37.3 Å². The highest BCUT2D eigenvalue weighted by molar-refractivity contribution is 7.90. The third-order valence-electron chi connectivity index (χ3n) is 5.14. The van der Waals surface area contributed by atoms with Crippen LogP contribution in [0.15, 0.2) is 59.8 Å². The van der Waals surface area contributed by atoms with Gasteiger partial charge in [-0.3, -0.25) is 14.9 Å². The van der Waals surface area contributed by atoms with Crippen LogP contribution in [-0.4, -0.2) is 51.6 Å². The number of amides is 1. The van der Waals surface area contributed by atoms with E-state index in [4.69, 9.17) is 0 Å². The Kier molecular flexibility index (Phi) is 6.75. The monoisotopic (exact) mass is 550 g/mol. The average Bonchev–Trinajstić information content (AvgIpc) is 3.32. The zero-order chi connectivity index (χ0) is 27.8. The third kappa shape index (κ3) is 5.86. The van der Waals surface area contributed by atoms with E-state index in [-0.39, 0.29) is 17.2 Å². The number of aromatic nitrogens is 4. The number of ether oxygens (including phenoxy) is 1. The minimum absolute atomic E-state index is 0.0515. The number of nitro groups is 1. The minimum Gasteiger partial charge on any atom is -0.406 e. The molecule has 0 aliphatic carbocycles. The highest BCUT2D eigenvalue weighted by Gasteiger charge is 2.32. The number of hydrogen-bond donors (Lipinski definition) is 1. The summed E-state index contributed by atoms with van der Waals surface area (Å²) < 4.78 is 67.3. The van der Waals surface area contributed by atoms with Crippen LogP contribution in [0.3, 0.4) is 0 Å². The summed E-state index contributed by atoms with van der Waals surface area (Å²) in [7, 11) is -4.01. The summed E-state index contributed by atoms with van der Waals surface area (Å²) in [6.07, 6.45) is -2.25. The Labute approximate surface area is 212 Å². The molecule has 2 aromatic heterocycles. The second-order valence-corrected chi connectivity index (χ2v) is 10.0. The fourth-order valence-electron chi connectivity index (χ4n) is 3.44. The van der Waals surface area contributed by atoms with Gasteiger partial charge in [0.15, 0.2) is 15.7 Å². The third-order valence-corrected chi connectivity index (χ3v) is 6.23. The normalized spacial score (nSPS) is 12.8. The topological polar surface area (TPSA) is 159 Å². The van der Waals surface area contributed by atoms with Gasteiger partial charge in [-0.1, -0.05) is 12.1 Å². The highest BCUT2D eigenvalue weighted by Crippen LogP contribution is 2.28. The van der Waals surface area contributed by atoms with Crippen molar-refractivity contribution in [1.82, 2.24) is 25.1 Å². The van der Waals surface area contributed by atoms with Crippen LogP contribution in [0.4, 0.5) is 18.9 Å². The van der Waals surface area contributed by atoms with Gasteiger partial charge in [0.2, 0.25) is 0 Å². The molecule has 1 amide bonds. The van der Waals surface area contributed by atoms with E-state index >= 15 is 0 Å². The second-order valence-electron chi connectivity index (χ2n) is 8.03. The van der Waals surface area contributed by atoms with Gasteiger partial charge >= 0.3 is 12.0 Å². The maximum Gasteiger partial charge on any atom is 0.573 e. The molecule has 0 fully saturated rings. The number of nitrogens with zero attached hydrogens (tertiary/aromatic N) is 5. The van der Waals surface area contributed by atoms with Crippen molar-refractivity contribution >= 4 is 32.5 Å². The second kappa shape index (κ2) is 9.70. The van der Waals surface area contributed by atoms with Gasteiger partial charge in [-0.2, -0.15) is 5.10 Å². The molecule has 0 radical (unpaired) electrons. The summed E-state index contributed by atoms with van der Waals surface area (Å²) in [6.45, 7) is 1.49. The fourth-order valence-corrected chi connectivity index (χ4v) is 4.12. The molecule has 16 heteroatoms. The molecule has 4 aromatic rings. The number of fused-ring (bicyclic) bond motifs is 1. The number of sulfone groups is 1. The first-order valence-corrected chi connectivity index (χ1v) is 12.5. The molecule has 0 bridgehead atoms. The van der Waals surface area contributed by atoms with Crippen LogP contribution >= 0.6 is 0 Å². The fraction of sp³-hybridized carbons (Fsp3) is 0.182. The molecule has 0 aliphatic heterocycles. The first kappa shape index (κ1) is 26.5. The Bertz CT molecular complexity index is 1670. The van der Waals surface area contributed by atoms with Crippen LogP contribution in [0.2, 0.25) is 0 Å². The molecule has 12 nitrogen and oxygen atoms in total. The van der Waals surface area contributed by atoms with Crippen molar-refractivity contribution in [2.24, 2.45) is 0 Å². The van der Waals surface area contributed by atoms with Crippen LogP contribution in [0.25, 0.3) is 16.9 Å². The quantitative estimate of drug-likeness (QED) is 0.268. The molecular formula is C22H17F3N6O6S. The summed E-state index contributed by atoms with van der Waals surface area (Å²) in [4.78, 5) is 31.9. The Morgan fingerprint density at radius 2 is 1.82 bits per heavy atom. The number of rotatable bonds is 7. The maximum atomic E-state index is 13.0. The number of benzene rings is 2. The van der Waals surface area contributed by atoms with Crippen molar-refractivity contribution < 1.29 is 36.0 Å². The molecule has 1 unspecified atom stereocenters. The number of halogens is 3. The number of carbonyl (C=O) groups excluding carboxylic acids is 1. The highest BCUT2D eigenvalue weighted by atomic mass is 32.2. The van der Waals surface area contributed by atoms with Crippen molar-refractivity contribution in [3.63, 3.8) is 0 Å². The van der Waals surface area contributed by atoms with Crippen molar-refractivity contribution in [3.05, 3.63) is 76.2 Å². The largest absolute Gasteiger partial charge is 0.573 e. The van der Waals surface area contributed by atoms with Crippen molar-refractivity contribution in [2.75, 3.05) is 6.26 Å². The number of nitrogens with one attached hydrogen (secondary N) is 1. The first-order chi connectivity index (χ1) is 17.7. The zero-order valence-corrected chi connectivity index (χ0v) is 20.3. The lowest BCUT2D eigenvalue weighted by atomic mass is 10.1. The predicted octanol–water partition coefficient (Wildman–Crippen LogP) is 3.52. The molecule has 4 rings (SSSR count). The molecule has 0 saturated heterocycles. The average molecular weight is 550 g/mol. The molecule has 2 heterocycles. The van der Waals surface area contributed by atoms with Crippen LogP contribution in [0.5, 0.6) is 5.75 Å². The van der Waals surface area contributed by atoms with E-state index in [2.05, 4.69) is 25.1 Å². The van der Waals surface area contributed by atoms with Crippen LogP contribution in [-0.2, 0) is 9.84 Å². The van der Waals surface area contributed by atoms with E-state index in [1.165, 1.54) is 6.92 Å². The SMILES string of the molecule is CC(NC(=O)c1cc(OC(F)(F)F)cc(S(C)(=O)=O)c1)c1nc2ccccc2nc1-n1cc([N+](=O)[O-])cn1. The van der Waals surface area contributed by atoms with Gasteiger partial charge in [0.1, 0.15) is 23.8 Å². The number of carbonyl (C=O) groups is 1. The lowest BCUT2D eigenvalue weighted by Crippen LogP contribution is -2.29. The maximum absolute atomic E-state index is 13.0. The summed E-state index contributed by atoms with van der Waals surface area (Å²) in [6, 6.07) is 8.03. The summed E-state index contributed by atoms with van der Waals surface area (Å²) in [5.74, 6) is -1.79. The molecule has 1 N–H and O–H groups in total. The Morgan fingerprint density at radius 3 is 2.39 bits per heavy atom. The number of alkyl halides is 3. The van der Waals surface area contributed by atoms with Gasteiger partial charge in [-0.25, -0.2) is 23.1 Å². The van der Waals surface area contributed by atoms with Crippen molar-refractivity contribution in [3.8, 4) is 11.6 Å². The van der Waals surface area contributed by atoms with E-state index in [1.54, 1.807) is 24.3 Å². The molecule has 0 saturated carbocycles. The molecule has 1 atom stereocenters. The van der Waals surface area contributed by atoms with Gasteiger partial charge in [0, 0.05) is 11.8 Å². The lowest BCUT2D eigenvalue weighted by Gasteiger charge is -2.18. The first-order valence-electron chi connectivity index (χ1n) is 10.6. The van der Waals surface area contributed by atoms with Crippen LogP contribution in [0.1, 0.15) is 29.0 Å². The molecule has 0 spiro atoms. The van der Waals surface area contributed by atoms with E-state index in [9.17, 15) is 36.5 Å². The molecule has 2 aromatic carbocycles. The molecule has 38 heavy (non-hydrogen) atoms. The van der Waals surface area contributed by atoms with E-state index in [0.29, 0.717) is 17.1 Å². The van der Waals surface area contributed by atoms with Crippen LogP contribution in [0, 0.1) is 10.1 Å². The Hall–Kier alpha value is -4.60. The van der Waals surface area contributed by atoms with E-state index < -0.39 is 49.3 Å². The van der Waals surface area contributed by atoms with Gasteiger partial charge in [0.25, 0.3) is 5.91 Å². The lowest BCUT2D eigenvalue weighted by molar-refractivity contribution is -0.384. The van der Waals surface area contributed by atoms with Gasteiger partial charge < -0.3 is 10.1 Å². The van der Waals surface area contributed by atoms with Crippen molar-refractivity contribution in [2.45, 2.75) is 24.2 Å². The minimum atomic E-state index is -5.13. The van der Waals surface area contributed by atoms with Crippen molar-refractivity contribution in [1.29, 1.82) is 0 Å². The zero-order valence-electron chi connectivity index (χ0n) is 19.5. The summed E-state index contributed by atoms with van der Waals surface area (Å²) in [5.41, 5.74) is 0.231. The number of hydrogen-bond acceptors (Lipinski definition) is 9.